The van der Waals surface area contributed by atoms with Crippen molar-refractivity contribution in [2.24, 2.45) is 0 Å². The van der Waals surface area contributed by atoms with E-state index in [-0.39, 0.29) is 12.3 Å². The third-order valence-corrected chi connectivity index (χ3v) is 3.04. The molecule has 0 bridgehead atoms. The van der Waals surface area contributed by atoms with Crippen molar-refractivity contribution in [2.75, 3.05) is 18.5 Å². The molecule has 1 aromatic carbocycles. The van der Waals surface area contributed by atoms with Crippen molar-refractivity contribution >= 4 is 27.3 Å². The molecule has 0 saturated heterocycles. The zero-order valence-corrected chi connectivity index (χ0v) is 11.2. The molecular weight excluding hydrogens is 288 g/mol. The molecule has 0 aliphatic rings. The van der Waals surface area contributed by atoms with Gasteiger partial charge in [-0.05, 0) is 41.8 Å². The number of nitro groups is 1. The molecule has 2 N–H and O–H groups in total. The Bertz CT molecular complexity index is 410. The van der Waals surface area contributed by atoms with E-state index >= 15 is 0 Å². The van der Waals surface area contributed by atoms with Crippen molar-refractivity contribution in [3.8, 4) is 0 Å². The predicted molar refractivity (Wildman–Crippen MR) is 70.3 cm³/mol. The summed E-state index contributed by atoms with van der Waals surface area (Å²) in [6, 6.07) is 3.25. The van der Waals surface area contributed by atoms with Crippen LogP contribution in [0.3, 0.4) is 0 Å². The second-order valence-electron chi connectivity index (χ2n) is 3.73. The fourth-order valence-electron chi connectivity index (χ4n) is 1.46. The van der Waals surface area contributed by atoms with Gasteiger partial charge >= 0.3 is 0 Å². The summed E-state index contributed by atoms with van der Waals surface area (Å²) >= 11 is 3.30. The Hall–Kier alpha value is -1.14. The van der Waals surface area contributed by atoms with E-state index < -0.39 is 4.92 Å². The van der Waals surface area contributed by atoms with E-state index in [2.05, 4.69) is 21.2 Å². The van der Waals surface area contributed by atoms with E-state index in [4.69, 9.17) is 5.11 Å². The maximum absolute atomic E-state index is 10.7. The number of benzene rings is 1. The van der Waals surface area contributed by atoms with Crippen LogP contribution in [0.15, 0.2) is 16.6 Å². The number of aliphatic hydroxyl groups is 1. The molecule has 1 aromatic rings. The summed E-state index contributed by atoms with van der Waals surface area (Å²) in [5.41, 5.74) is 1.58. The molecule has 17 heavy (non-hydrogen) atoms. The number of hydrogen-bond donors (Lipinski definition) is 2. The molecule has 0 radical (unpaired) electrons. The molecule has 5 nitrogen and oxygen atoms in total. The van der Waals surface area contributed by atoms with Gasteiger partial charge in [0.2, 0.25) is 0 Å². The highest BCUT2D eigenvalue weighted by molar-refractivity contribution is 9.10. The molecule has 0 amide bonds. The number of rotatable bonds is 6. The fourth-order valence-corrected chi connectivity index (χ4v) is 1.93. The van der Waals surface area contributed by atoms with Crippen molar-refractivity contribution in [3.63, 3.8) is 0 Å². The van der Waals surface area contributed by atoms with Crippen molar-refractivity contribution in [1.82, 2.24) is 0 Å². The van der Waals surface area contributed by atoms with E-state index in [1.54, 1.807) is 13.0 Å². The lowest BCUT2D eigenvalue weighted by Gasteiger charge is -2.09. The second-order valence-corrected chi connectivity index (χ2v) is 4.59. The monoisotopic (exact) mass is 302 g/mol. The second kappa shape index (κ2) is 6.56. The first-order valence-corrected chi connectivity index (χ1v) is 6.15. The Morgan fingerprint density at radius 2 is 2.18 bits per heavy atom. The Kier molecular flexibility index (Phi) is 5.37. The molecule has 6 heteroatoms. The Balaban J connectivity index is 2.74. The van der Waals surface area contributed by atoms with Gasteiger partial charge in [0, 0.05) is 34.9 Å². The molecule has 0 saturated carbocycles. The normalized spacial score (nSPS) is 10.3. The zero-order chi connectivity index (χ0) is 12.8. The van der Waals surface area contributed by atoms with Crippen molar-refractivity contribution in [3.05, 3.63) is 32.3 Å². The summed E-state index contributed by atoms with van der Waals surface area (Å²) in [5, 5.41) is 22.5. The Morgan fingerprint density at radius 3 is 2.76 bits per heavy atom. The highest BCUT2D eigenvalue weighted by atomic mass is 79.9. The van der Waals surface area contributed by atoms with Gasteiger partial charge in [-0.1, -0.05) is 0 Å². The number of unbranched alkanes of at least 4 members (excludes halogenated alkanes) is 1. The first kappa shape index (κ1) is 13.9. The van der Waals surface area contributed by atoms with Crippen LogP contribution in [0.2, 0.25) is 0 Å². The van der Waals surface area contributed by atoms with Crippen molar-refractivity contribution < 1.29 is 10.0 Å². The minimum Gasteiger partial charge on any atom is -0.396 e. The van der Waals surface area contributed by atoms with Gasteiger partial charge in [0.15, 0.2) is 0 Å². The fraction of sp³-hybridized carbons (Fsp3) is 0.455. The average molecular weight is 303 g/mol. The smallest absolute Gasteiger partial charge is 0.273 e. The summed E-state index contributed by atoms with van der Waals surface area (Å²) in [7, 11) is 0. The van der Waals surface area contributed by atoms with Gasteiger partial charge in [-0.2, -0.15) is 0 Å². The SMILES string of the molecule is Cc1cc(NCCCCO)c(Br)cc1[N+](=O)[O-]. The van der Waals surface area contributed by atoms with E-state index in [1.807, 2.05) is 0 Å². The maximum atomic E-state index is 10.7. The number of aryl methyl sites for hydroxylation is 1. The van der Waals surface area contributed by atoms with Gasteiger partial charge in [-0.3, -0.25) is 10.1 Å². The highest BCUT2D eigenvalue weighted by Crippen LogP contribution is 2.30. The van der Waals surface area contributed by atoms with Gasteiger partial charge < -0.3 is 10.4 Å². The number of halogens is 1. The number of aliphatic hydroxyl groups excluding tert-OH is 1. The zero-order valence-electron chi connectivity index (χ0n) is 9.57. The van der Waals surface area contributed by atoms with E-state index in [0.29, 0.717) is 10.0 Å². The topological polar surface area (TPSA) is 75.4 Å². The molecule has 0 unspecified atom stereocenters. The summed E-state index contributed by atoms with van der Waals surface area (Å²) in [4.78, 5) is 10.3. The first-order chi connectivity index (χ1) is 8.06. The van der Waals surface area contributed by atoms with Crippen LogP contribution in [-0.4, -0.2) is 23.2 Å². The van der Waals surface area contributed by atoms with Crippen LogP contribution in [0.25, 0.3) is 0 Å². The molecule has 0 heterocycles. The lowest BCUT2D eigenvalue weighted by Crippen LogP contribution is -2.04. The van der Waals surface area contributed by atoms with E-state index in [0.717, 1.165) is 25.1 Å². The lowest BCUT2D eigenvalue weighted by atomic mass is 10.2. The predicted octanol–water partition coefficient (Wildman–Crippen LogP) is 2.85. The van der Waals surface area contributed by atoms with Crippen LogP contribution in [0, 0.1) is 17.0 Å². The van der Waals surface area contributed by atoms with E-state index in [1.165, 1.54) is 6.07 Å². The number of hydrogen-bond acceptors (Lipinski definition) is 4. The average Bonchev–Trinajstić information content (AvgIpc) is 2.28. The van der Waals surface area contributed by atoms with Crippen molar-refractivity contribution in [1.29, 1.82) is 0 Å². The van der Waals surface area contributed by atoms with Crippen LogP contribution < -0.4 is 5.32 Å². The Labute approximate surface area is 108 Å². The highest BCUT2D eigenvalue weighted by Gasteiger charge is 2.13. The van der Waals surface area contributed by atoms with Gasteiger partial charge in [0.05, 0.1) is 4.92 Å². The number of nitro benzene ring substituents is 1. The van der Waals surface area contributed by atoms with Crippen LogP contribution in [0.1, 0.15) is 18.4 Å². The van der Waals surface area contributed by atoms with Gasteiger partial charge in [-0.25, -0.2) is 0 Å². The maximum Gasteiger partial charge on any atom is 0.273 e. The van der Waals surface area contributed by atoms with Gasteiger partial charge in [0.25, 0.3) is 5.69 Å². The summed E-state index contributed by atoms with van der Waals surface area (Å²) in [6.45, 7) is 2.63. The minimum atomic E-state index is -0.393. The minimum absolute atomic E-state index is 0.109. The summed E-state index contributed by atoms with van der Waals surface area (Å²) in [6.07, 6.45) is 1.61. The molecular formula is C11H15BrN2O3. The molecule has 0 aliphatic carbocycles. The lowest BCUT2D eigenvalue weighted by molar-refractivity contribution is -0.385. The van der Waals surface area contributed by atoms with Crippen LogP contribution in [0.4, 0.5) is 11.4 Å². The Morgan fingerprint density at radius 1 is 1.47 bits per heavy atom. The van der Waals surface area contributed by atoms with Crippen molar-refractivity contribution in [2.45, 2.75) is 19.8 Å². The molecule has 94 valence electrons. The molecule has 0 spiro atoms. The van der Waals surface area contributed by atoms with Crippen LogP contribution in [-0.2, 0) is 0 Å². The van der Waals surface area contributed by atoms with E-state index in [9.17, 15) is 10.1 Å². The number of nitrogens with zero attached hydrogens (tertiary/aromatic N) is 1. The third-order valence-electron chi connectivity index (χ3n) is 2.38. The standard InChI is InChI=1S/C11H15BrN2O3/c1-8-6-10(13-4-2-3-5-15)9(12)7-11(8)14(16)17/h6-7,13,15H,2-5H2,1H3. The largest absolute Gasteiger partial charge is 0.396 e. The molecule has 0 aliphatic heterocycles. The first-order valence-electron chi connectivity index (χ1n) is 5.35. The summed E-state index contributed by atoms with van der Waals surface area (Å²) in [5.74, 6) is 0. The number of anilines is 1. The molecule has 1 rings (SSSR count). The summed E-state index contributed by atoms with van der Waals surface area (Å²) < 4.78 is 0.679. The third kappa shape index (κ3) is 3.98. The molecule has 0 fully saturated rings. The molecule has 0 atom stereocenters. The molecule has 0 aromatic heterocycles. The quantitative estimate of drug-likeness (QED) is 0.481. The van der Waals surface area contributed by atoms with Gasteiger partial charge in [-0.15, -0.1) is 0 Å². The van der Waals surface area contributed by atoms with Crippen LogP contribution >= 0.6 is 15.9 Å². The number of nitrogens with one attached hydrogen (secondary N) is 1. The van der Waals surface area contributed by atoms with Crippen LogP contribution in [0.5, 0.6) is 0 Å². The van der Waals surface area contributed by atoms with Gasteiger partial charge in [0.1, 0.15) is 0 Å².